The highest BCUT2D eigenvalue weighted by atomic mass is 31.2. The summed E-state index contributed by atoms with van der Waals surface area (Å²) in [7, 11) is -4.91. The molecule has 3 amide bonds. The molecule has 0 bridgehead atoms. The largest absolute Gasteiger partial charge is 0.472 e. The molecule has 2 aromatic heterocycles. The summed E-state index contributed by atoms with van der Waals surface area (Å²) >= 11 is 0. The van der Waals surface area contributed by atoms with Crippen molar-refractivity contribution in [3.8, 4) is 0 Å². The lowest BCUT2D eigenvalue weighted by molar-refractivity contribution is 0.0445. The normalized spacial score (nSPS) is 13.3. The third-order valence-corrected chi connectivity index (χ3v) is 6.05. The number of anilines is 2. The number of benzene rings is 1. The lowest BCUT2D eigenvalue weighted by atomic mass is 10.1. The molecule has 0 spiro atoms. The number of carbonyl (C=O) groups is 3. The van der Waals surface area contributed by atoms with Gasteiger partial charge in [0.2, 0.25) is 6.79 Å². The molecule has 0 saturated heterocycles. The zero-order valence-corrected chi connectivity index (χ0v) is 21.6. The van der Waals surface area contributed by atoms with E-state index in [1.807, 2.05) is 6.92 Å². The van der Waals surface area contributed by atoms with Gasteiger partial charge in [-0.3, -0.25) is 9.59 Å². The van der Waals surface area contributed by atoms with Crippen LogP contribution in [0, 0.1) is 6.92 Å². The summed E-state index contributed by atoms with van der Waals surface area (Å²) in [6.07, 6.45) is 4.10. The molecule has 0 radical (unpaired) electrons. The molecule has 1 saturated carbocycles. The van der Waals surface area contributed by atoms with Crippen molar-refractivity contribution < 1.29 is 38.0 Å². The van der Waals surface area contributed by atoms with Crippen LogP contribution < -0.4 is 15.5 Å². The molecule has 3 aromatic rings. The van der Waals surface area contributed by atoms with E-state index in [0.717, 1.165) is 24.2 Å². The first-order chi connectivity index (χ1) is 18.1. The Labute approximate surface area is 217 Å². The molecular formula is C23H27N6O8P. The predicted molar refractivity (Wildman–Crippen MR) is 134 cm³/mol. The van der Waals surface area contributed by atoms with Crippen molar-refractivity contribution >= 4 is 42.8 Å². The minimum absolute atomic E-state index is 0.000804. The van der Waals surface area contributed by atoms with Crippen LogP contribution in [0.15, 0.2) is 36.8 Å². The van der Waals surface area contributed by atoms with Crippen LogP contribution >= 0.6 is 7.82 Å². The zero-order chi connectivity index (χ0) is 27.4. The Morgan fingerprint density at radius 2 is 1.95 bits per heavy atom. The molecule has 202 valence electrons. The predicted octanol–water partition coefficient (Wildman–Crippen LogP) is 2.41. The molecule has 0 unspecified atom stereocenters. The number of ether oxygens (including phenoxy) is 1. The van der Waals surface area contributed by atoms with E-state index in [1.54, 1.807) is 19.1 Å². The zero-order valence-electron chi connectivity index (χ0n) is 20.7. The van der Waals surface area contributed by atoms with Crippen LogP contribution in [0.3, 0.4) is 0 Å². The molecule has 0 aliphatic heterocycles. The summed E-state index contributed by atoms with van der Waals surface area (Å²) in [5.41, 5.74) is 1.58. The number of hydrogen-bond acceptors (Lipinski definition) is 8. The van der Waals surface area contributed by atoms with E-state index in [1.165, 1.54) is 29.2 Å². The third-order valence-electron chi connectivity index (χ3n) is 5.61. The highest BCUT2D eigenvalue weighted by molar-refractivity contribution is 7.46. The molecule has 1 fully saturated rings. The molecule has 15 heteroatoms. The van der Waals surface area contributed by atoms with E-state index >= 15 is 0 Å². The van der Waals surface area contributed by atoms with Crippen molar-refractivity contribution in [3.05, 3.63) is 53.5 Å². The maximum absolute atomic E-state index is 13.3. The molecule has 1 aliphatic carbocycles. The van der Waals surface area contributed by atoms with Gasteiger partial charge in [-0.1, -0.05) is 13.0 Å². The number of aryl methyl sites for hydroxylation is 1. The Kier molecular flexibility index (Phi) is 8.07. The van der Waals surface area contributed by atoms with Crippen molar-refractivity contribution in [1.29, 1.82) is 0 Å². The molecule has 4 N–H and O–H groups in total. The van der Waals surface area contributed by atoms with Crippen LogP contribution in [0.4, 0.5) is 16.3 Å². The molecule has 14 nitrogen and oxygen atoms in total. The van der Waals surface area contributed by atoms with E-state index in [0.29, 0.717) is 17.7 Å². The Bertz CT molecular complexity index is 1420. The van der Waals surface area contributed by atoms with Crippen LogP contribution in [0.25, 0.3) is 5.52 Å². The first kappa shape index (κ1) is 27.2. The molecule has 2 heterocycles. The van der Waals surface area contributed by atoms with E-state index in [2.05, 4.69) is 25.2 Å². The summed E-state index contributed by atoms with van der Waals surface area (Å²) in [6.45, 7) is 3.01. The smallest absolute Gasteiger partial charge is 0.421 e. The van der Waals surface area contributed by atoms with Gasteiger partial charge in [0.15, 0.2) is 5.82 Å². The van der Waals surface area contributed by atoms with Crippen molar-refractivity contribution in [1.82, 2.24) is 25.2 Å². The van der Waals surface area contributed by atoms with Gasteiger partial charge >= 0.3 is 13.9 Å². The summed E-state index contributed by atoms with van der Waals surface area (Å²) in [5.74, 6) is -0.666. The second-order valence-electron chi connectivity index (χ2n) is 8.63. The lowest BCUT2D eigenvalue weighted by Crippen LogP contribution is -2.30. The summed E-state index contributed by atoms with van der Waals surface area (Å²) < 4.78 is 21.7. The highest BCUT2D eigenvalue weighted by Crippen LogP contribution is 2.36. The number of amides is 3. The standard InChI is InChI=1S/C23H27N6O8P/c1-3-8-24-21(30)15-5-4-14(2)18(9-15)29(23(32)36-13-37-38(33,34)35)20-19-10-16(11-28(19)26-12-25-20)22(31)27-17-6-7-17/h4-5,9-12,17H,3,6-8,13H2,1-2H3,(H,24,30)(H,27,31)(H2,33,34,35). The quantitative estimate of drug-likeness (QED) is 0.217. The Balaban J connectivity index is 1.77. The highest BCUT2D eigenvalue weighted by Gasteiger charge is 2.29. The number of nitrogens with zero attached hydrogens (tertiary/aromatic N) is 4. The van der Waals surface area contributed by atoms with E-state index < -0.39 is 20.7 Å². The van der Waals surface area contributed by atoms with Gasteiger partial charge in [-0.2, -0.15) is 5.10 Å². The number of carbonyl (C=O) groups excluding carboxylic acids is 3. The monoisotopic (exact) mass is 546 g/mol. The Morgan fingerprint density at radius 1 is 1.18 bits per heavy atom. The SMILES string of the molecule is CCCNC(=O)c1ccc(C)c(N(C(=O)OCOP(=O)(O)O)c2ncnn3cc(C(=O)NC4CC4)cc23)c1. The average molecular weight is 546 g/mol. The fourth-order valence-electron chi connectivity index (χ4n) is 3.55. The van der Waals surface area contributed by atoms with Crippen molar-refractivity contribution in [2.45, 2.75) is 39.2 Å². The number of aromatic nitrogens is 3. The number of hydrogen-bond donors (Lipinski definition) is 4. The summed E-state index contributed by atoms with van der Waals surface area (Å²) in [6, 6.07) is 6.33. The molecule has 1 aromatic carbocycles. The maximum atomic E-state index is 13.3. The summed E-state index contributed by atoms with van der Waals surface area (Å²) in [5, 5.41) is 9.77. The second-order valence-corrected chi connectivity index (χ2v) is 9.87. The fraction of sp³-hybridized carbons (Fsp3) is 0.348. The number of fused-ring (bicyclic) bond motifs is 1. The van der Waals surface area contributed by atoms with Gasteiger partial charge in [0.05, 0.1) is 11.3 Å². The van der Waals surface area contributed by atoms with Gasteiger partial charge in [-0.15, -0.1) is 0 Å². The Hall–Kier alpha value is -3.84. The van der Waals surface area contributed by atoms with E-state index in [-0.39, 0.29) is 40.4 Å². The Morgan fingerprint density at radius 3 is 2.63 bits per heavy atom. The number of phosphoric acid groups is 1. The second kappa shape index (κ2) is 11.3. The van der Waals surface area contributed by atoms with E-state index in [9.17, 15) is 18.9 Å². The first-order valence-corrected chi connectivity index (χ1v) is 13.3. The van der Waals surface area contributed by atoms with Gasteiger partial charge < -0.3 is 25.2 Å². The number of phosphoric ester groups is 1. The van der Waals surface area contributed by atoms with Gasteiger partial charge in [-0.25, -0.2) is 28.3 Å². The van der Waals surface area contributed by atoms with Crippen LogP contribution in [0.1, 0.15) is 52.5 Å². The fourth-order valence-corrected chi connectivity index (χ4v) is 3.74. The van der Waals surface area contributed by atoms with E-state index in [4.69, 9.17) is 14.5 Å². The lowest BCUT2D eigenvalue weighted by Gasteiger charge is -2.24. The topological polar surface area (TPSA) is 185 Å². The number of nitrogens with one attached hydrogen (secondary N) is 2. The molecule has 1 aliphatic rings. The van der Waals surface area contributed by atoms with Crippen LogP contribution in [0.2, 0.25) is 0 Å². The molecular weight excluding hydrogens is 519 g/mol. The molecule has 38 heavy (non-hydrogen) atoms. The van der Waals surface area contributed by atoms with Crippen LogP contribution in [0.5, 0.6) is 0 Å². The third kappa shape index (κ3) is 6.53. The van der Waals surface area contributed by atoms with Crippen molar-refractivity contribution in [2.24, 2.45) is 0 Å². The van der Waals surface area contributed by atoms with Crippen LogP contribution in [-0.4, -0.2) is 61.7 Å². The minimum Gasteiger partial charge on any atom is -0.421 e. The first-order valence-electron chi connectivity index (χ1n) is 11.8. The van der Waals surface area contributed by atoms with Gasteiger partial charge in [0, 0.05) is 24.3 Å². The van der Waals surface area contributed by atoms with Crippen molar-refractivity contribution in [2.75, 3.05) is 18.2 Å². The van der Waals surface area contributed by atoms with Gasteiger partial charge in [-0.05, 0) is 49.9 Å². The summed E-state index contributed by atoms with van der Waals surface area (Å²) in [4.78, 5) is 61.7. The molecule has 0 atom stereocenters. The average Bonchev–Trinajstić information content (AvgIpc) is 3.56. The van der Waals surface area contributed by atoms with Gasteiger partial charge in [0.25, 0.3) is 11.8 Å². The van der Waals surface area contributed by atoms with Gasteiger partial charge in [0.1, 0.15) is 11.8 Å². The minimum atomic E-state index is -4.91. The van der Waals surface area contributed by atoms with Crippen molar-refractivity contribution in [3.63, 3.8) is 0 Å². The molecule has 4 rings (SSSR count). The van der Waals surface area contributed by atoms with Crippen LogP contribution in [-0.2, 0) is 13.8 Å². The number of rotatable bonds is 10. The maximum Gasteiger partial charge on any atom is 0.472 e.